The van der Waals surface area contributed by atoms with Crippen molar-refractivity contribution in [1.29, 1.82) is 0 Å². The average molecular weight is 453 g/mol. The number of carbonyl (C=O) groups excluding carboxylic acids is 1. The first kappa shape index (κ1) is 22.5. The highest BCUT2D eigenvalue weighted by Gasteiger charge is 2.20. The van der Waals surface area contributed by atoms with Gasteiger partial charge in [0.2, 0.25) is 11.7 Å². The van der Waals surface area contributed by atoms with Gasteiger partial charge in [-0.2, -0.15) is 0 Å². The van der Waals surface area contributed by atoms with Crippen molar-refractivity contribution in [3.63, 3.8) is 0 Å². The van der Waals surface area contributed by atoms with E-state index in [4.69, 9.17) is 19.2 Å². The SMILES string of the molecule is COc1cc(Nc2nc3ccc(C(=O)N4CC=CC4)cc3n2CCC[NH3+])cc(OC)c1OC. The summed E-state index contributed by atoms with van der Waals surface area (Å²) in [5.41, 5.74) is 7.08. The number of benzene rings is 2. The van der Waals surface area contributed by atoms with Crippen molar-refractivity contribution in [2.24, 2.45) is 0 Å². The third-order valence-electron chi connectivity index (χ3n) is 5.65. The molecule has 4 rings (SSSR count). The molecule has 2 heterocycles. The van der Waals surface area contributed by atoms with Crippen molar-refractivity contribution in [2.75, 3.05) is 46.3 Å². The normalized spacial score (nSPS) is 12.9. The second kappa shape index (κ2) is 9.83. The molecule has 1 aromatic heterocycles. The van der Waals surface area contributed by atoms with Gasteiger partial charge in [0.1, 0.15) is 0 Å². The molecule has 0 fully saturated rings. The summed E-state index contributed by atoms with van der Waals surface area (Å²) in [5, 5.41) is 3.39. The molecule has 1 aliphatic heterocycles. The van der Waals surface area contributed by atoms with Crippen LogP contribution in [0.2, 0.25) is 0 Å². The van der Waals surface area contributed by atoms with Crippen LogP contribution in [0, 0.1) is 0 Å². The Labute approximate surface area is 192 Å². The number of quaternary nitrogens is 1. The summed E-state index contributed by atoms with van der Waals surface area (Å²) in [7, 11) is 4.74. The van der Waals surface area contributed by atoms with Crippen molar-refractivity contribution >= 4 is 28.6 Å². The monoisotopic (exact) mass is 452 g/mol. The van der Waals surface area contributed by atoms with Crippen molar-refractivity contribution in [3.8, 4) is 17.2 Å². The number of hydrogen-bond acceptors (Lipinski definition) is 6. The first-order valence-electron chi connectivity index (χ1n) is 10.9. The molecule has 4 N–H and O–H groups in total. The van der Waals surface area contributed by atoms with Crippen LogP contribution in [0.5, 0.6) is 17.2 Å². The zero-order valence-corrected chi connectivity index (χ0v) is 19.3. The molecule has 0 bridgehead atoms. The lowest BCUT2D eigenvalue weighted by atomic mass is 10.1. The van der Waals surface area contributed by atoms with Crippen molar-refractivity contribution in [3.05, 3.63) is 48.0 Å². The van der Waals surface area contributed by atoms with E-state index in [2.05, 4.69) is 15.6 Å². The molecule has 174 valence electrons. The lowest BCUT2D eigenvalue weighted by Gasteiger charge is -2.16. The predicted molar refractivity (Wildman–Crippen MR) is 127 cm³/mol. The van der Waals surface area contributed by atoms with Gasteiger partial charge in [0.25, 0.3) is 5.91 Å². The van der Waals surface area contributed by atoms with E-state index in [9.17, 15) is 4.79 Å². The number of nitrogens with zero attached hydrogens (tertiary/aromatic N) is 3. The number of imidazole rings is 1. The first-order valence-corrected chi connectivity index (χ1v) is 10.9. The van der Waals surface area contributed by atoms with Crippen LogP contribution in [0.4, 0.5) is 11.6 Å². The zero-order valence-electron chi connectivity index (χ0n) is 19.3. The van der Waals surface area contributed by atoms with Gasteiger partial charge in [-0.15, -0.1) is 0 Å². The first-order chi connectivity index (χ1) is 16.1. The summed E-state index contributed by atoms with van der Waals surface area (Å²) in [6.07, 6.45) is 4.90. The van der Waals surface area contributed by atoms with Gasteiger partial charge in [0.05, 0.1) is 38.9 Å². The Morgan fingerprint density at radius 2 is 1.76 bits per heavy atom. The zero-order chi connectivity index (χ0) is 23.4. The number of nitrogens with one attached hydrogen (secondary N) is 1. The standard InChI is InChI=1S/C24H29N5O4/c1-31-20-14-17(15-21(32-2)22(20)33-3)26-24-27-18-8-7-16(23(30)28-10-4-5-11-28)13-19(18)29(24)12-6-9-25/h4-5,7-8,13-15H,6,9-12,25H2,1-3H3,(H,26,27)/p+1. The Hall–Kier alpha value is -3.72. The summed E-state index contributed by atoms with van der Waals surface area (Å²) in [6, 6.07) is 9.33. The maximum Gasteiger partial charge on any atom is 0.254 e. The molecule has 2 aromatic carbocycles. The van der Waals surface area contributed by atoms with Gasteiger partial charge in [-0.3, -0.25) is 4.79 Å². The molecule has 1 aliphatic rings. The molecule has 0 atom stereocenters. The van der Waals surface area contributed by atoms with E-state index in [1.807, 2.05) is 47.4 Å². The third-order valence-corrected chi connectivity index (χ3v) is 5.65. The van der Waals surface area contributed by atoms with Gasteiger partial charge in [-0.1, -0.05) is 12.2 Å². The van der Waals surface area contributed by atoms with E-state index < -0.39 is 0 Å². The molecule has 9 heteroatoms. The Morgan fingerprint density at radius 3 is 2.36 bits per heavy atom. The fourth-order valence-electron chi connectivity index (χ4n) is 3.96. The van der Waals surface area contributed by atoms with Gasteiger partial charge >= 0.3 is 0 Å². The average Bonchev–Trinajstić information content (AvgIpc) is 3.49. The molecule has 0 aliphatic carbocycles. The van der Waals surface area contributed by atoms with Crippen LogP contribution in [0.3, 0.4) is 0 Å². The number of fused-ring (bicyclic) bond motifs is 1. The highest BCUT2D eigenvalue weighted by molar-refractivity contribution is 5.98. The largest absolute Gasteiger partial charge is 0.493 e. The highest BCUT2D eigenvalue weighted by atomic mass is 16.5. The number of ether oxygens (including phenoxy) is 3. The number of amides is 1. The summed E-state index contributed by atoms with van der Waals surface area (Å²) in [6.45, 7) is 2.80. The summed E-state index contributed by atoms with van der Waals surface area (Å²) in [4.78, 5) is 19.5. The molecule has 1 amide bonds. The number of hydrogen-bond donors (Lipinski definition) is 2. The number of aryl methyl sites for hydroxylation is 1. The summed E-state index contributed by atoms with van der Waals surface area (Å²) < 4.78 is 18.5. The van der Waals surface area contributed by atoms with Crippen LogP contribution >= 0.6 is 0 Å². The van der Waals surface area contributed by atoms with Crippen LogP contribution in [-0.4, -0.2) is 61.3 Å². The fraction of sp³-hybridized carbons (Fsp3) is 0.333. The van der Waals surface area contributed by atoms with Crippen molar-refractivity contribution < 1.29 is 24.7 Å². The van der Waals surface area contributed by atoms with E-state index in [1.54, 1.807) is 21.3 Å². The maximum absolute atomic E-state index is 12.9. The second-order valence-electron chi connectivity index (χ2n) is 7.72. The Morgan fingerprint density at radius 1 is 1.06 bits per heavy atom. The fourth-order valence-corrected chi connectivity index (χ4v) is 3.96. The van der Waals surface area contributed by atoms with E-state index in [0.717, 1.165) is 36.2 Å². The van der Waals surface area contributed by atoms with Gasteiger partial charge < -0.3 is 34.7 Å². The second-order valence-corrected chi connectivity index (χ2v) is 7.72. The third kappa shape index (κ3) is 4.45. The van der Waals surface area contributed by atoms with Crippen LogP contribution in [0.25, 0.3) is 11.0 Å². The molecule has 33 heavy (non-hydrogen) atoms. The quantitative estimate of drug-likeness (QED) is 0.483. The molecular weight excluding hydrogens is 422 g/mol. The van der Waals surface area contributed by atoms with E-state index in [1.165, 1.54) is 0 Å². The van der Waals surface area contributed by atoms with Crippen molar-refractivity contribution in [1.82, 2.24) is 14.5 Å². The molecular formula is C24H30N5O4+. The van der Waals surface area contributed by atoms with Gasteiger partial charge in [-0.05, 0) is 18.2 Å². The topological polar surface area (TPSA) is 105 Å². The number of methoxy groups -OCH3 is 3. The minimum absolute atomic E-state index is 0.0194. The molecule has 0 radical (unpaired) electrons. The number of anilines is 2. The number of aromatic nitrogens is 2. The Kier molecular flexibility index (Phi) is 6.69. The minimum Gasteiger partial charge on any atom is -0.493 e. The molecule has 0 saturated heterocycles. The predicted octanol–water partition coefficient (Wildman–Crippen LogP) is 2.45. The van der Waals surface area contributed by atoms with Gasteiger partial charge in [0.15, 0.2) is 11.5 Å². The minimum atomic E-state index is 0.0194. The molecule has 9 nitrogen and oxygen atoms in total. The Balaban J connectivity index is 1.73. The summed E-state index contributed by atoms with van der Waals surface area (Å²) in [5.74, 6) is 2.31. The molecule has 0 unspecified atom stereocenters. The van der Waals surface area contributed by atoms with E-state index in [0.29, 0.717) is 41.8 Å². The highest BCUT2D eigenvalue weighted by Crippen LogP contribution is 2.40. The summed E-state index contributed by atoms with van der Waals surface area (Å²) >= 11 is 0. The van der Waals surface area contributed by atoms with E-state index in [-0.39, 0.29) is 5.91 Å². The Bertz CT molecular complexity index is 1150. The molecule has 0 saturated carbocycles. The lowest BCUT2D eigenvalue weighted by molar-refractivity contribution is -0.368. The van der Waals surface area contributed by atoms with Crippen LogP contribution < -0.4 is 25.3 Å². The smallest absolute Gasteiger partial charge is 0.254 e. The maximum atomic E-state index is 12.9. The molecule has 0 spiro atoms. The number of carbonyl (C=O) groups is 1. The van der Waals surface area contributed by atoms with Crippen LogP contribution in [0.1, 0.15) is 16.8 Å². The van der Waals surface area contributed by atoms with Crippen LogP contribution in [-0.2, 0) is 6.54 Å². The van der Waals surface area contributed by atoms with Crippen LogP contribution in [0.15, 0.2) is 42.5 Å². The number of rotatable bonds is 9. The lowest BCUT2D eigenvalue weighted by Crippen LogP contribution is -2.50. The van der Waals surface area contributed by atoms with E-state index >= 15 is 0 Å². The van der Waals surface area contributed by atoms with Crippen molar-refractivity contribution in [2.45, 2.75) is 13.0 Å². The molecule has 3 aromatic rings. The van der Waals surface area contributed by atoms with Gasteiger partial charge in [-0.25, -0.2) is 4.98 Å². The van der Waals surface area contributed by atoms with Gasteiger partial charge in [0, 0.05) is 49.4 Å².